The fraction of sp³-hybridized carbons (Fsp3) is 0.800. The highest BCUT2D eigenvalue weighted by atomic mass is 28.3. The van der Waals surface area contributed by atoms with Crippen LogP contribution in [0.5, 0.6) is 0 Å². The summed E-state index contributed by atoms with van der Waals surface area (Å²) in [6.45, 7) is 7.54. The van der Waals surface area contributed by atoms with E-state index in [9.17, 15) is 0 Å². The van der Waals surface area contributed by atoms with E-state index >= 15 is 0 Å². The molecule has 13 heavy (non-hydrogen) atoms. The zero-order chi connectivity index (χ0) is 9.94. The van der Waals surface area contributed by atoms with Gasteiger partial charge in [0.25, 0.3) is 0 Å². The van der Waals surface area contributed by atoms with Crippen molar-refractivity contribution in [2.45, 2.75) is 40.0 Å². The number of hydrogen-bond donors (Lipinski definition) is 0. The monoisotopic (exact) mass is 200 g/mol. The van der Waals surface area contributed by atoms with E-state index < -0.39 is 9.28 Å². The lowest BCUT2D eigenvalue weighted by atomic mass is 10.3. The summed E-state index contributed by atoms with van der Waals surface area (Å²) in [5, 5.41) is 0. The summed E-state index contributed by atoms with van der Waals surface area (Å²) in [6, 6.07) is 0. The van der Waals surface area contributed by atoms with Crippen LogP contribution in [0.25, 0.3) is 0 Å². The molecule has 0 aliphatic heterocycles. The Morgan fingerprint density at radius 3 is 2.15 bits per heavy atom. The molecule has 0 saturated heterocycles. The van der Waals surface area contributed by atoms with Crippen LogP contribution in [-0.2, 0) is 8.85 Å². The SMILES string of the molecule is CCCCC#C[SiH](OCC)OCC. The minimum atomic E-state index is -1.64. The number of hydrogen-bond acceptors (Lipinski definition) is 2. The van der Waals surface area contributed by atoms with Gasteiger partial charge in [0.05, 0.1) is 0 Å². The topological polar surface area (TPSA) is 18.5 Å². The van der Waals surface area contributed by atoms with Gasteiger partial charge in [-0.25, -0.2) is 0 Å². The smallest absolute Gasteiger partial charge is 0.388 e. The predicted molar refractivity (Wildman–Crippen MR) is 57.7 cm³/mol. The second kappa shape index (κ2) is 9.78. The lowest BCUT2D eigenvalue weighted by molar-refractivity contribution is 0.226. The van der Waals surface area contributed by atoms with E-state index in [0.29, 0.717) is 13.2 Å². The van der Waals surface area contributed by atoms with Crippen molar-refractivity contribution in [3.8, 4) is 11.5 Å². The molecule has 0 unspecified atom stereocenters. The van der Waals surface area contributed by atoms with Gasteiger partial charge in [-0.2, -0.15) is 0 Å². The van der Waals surface area contributed by atoms with E-state index in [1.165, 1.54) is 12.8 Å². The highest BCUT2D eigenvalue weighted by Gasteiger charge is 2.06. The van der Waals surface area contributed by atoms with E-state index in [1.54, 1.807) is 0 Å². The van der Waals surface area contributed by atoms with Crippen molar-refractivity contribution in [2.75, 3.05) is 13.2 Å². The first kappa shape index (κ1) is 12.7. The van der Waals surface area contributed by atoms with Crippen LogP contribution in [0.4, 0.5) is 0 Å². The average molecular weight is 200 g/mol. The van der Waals surface area contributed by atoms with E-state index in [4.69, 9.17) is 8.85 Å². The first-order valence-electron chi connectivity index (χ1n) is 5.06. The van der Waals surface area contributed by atoms with Gasteiger partial charge >= 0.3 is 9.28 Å². The van der Waals surface area contributed by atoms with Gasteiger partial charge in [-0.1, -0.05) is 18.9 Å². The van der Waals surface area contributed by atoms with Crippen molar-refractivity contribution in [3.63, 3.8) is 0 Å². The average Bonchev–Trinajstić information content (AvgIpc) is 2.13. The van der Waals surface area contributed by atoms with Gasteiger partial charge in [-0.05, 0) is 20.3 Å². The van der Waals surface area contributed by atoms with Crippen molar-refractivity contribution < 1.29 is 8.85 Å². The molecule has 0 aliphatic carbocycles. The van der Waals surface area contributed by atoms with Crippen molar-refractivity contribution in [3.05, 3.63) is 0 Å². The molecule has 0 N–H and O–H groups in total. The maximum atomic E-state index is 5.41. The summed E-state index contributed by atoms with van der Waals surface area (Å²) in [5.41, 5.74) is 3.10. The Kier molecular flexibility index (Phi) is 9.55. The summed E-state index contributed by atoms with van der Waals surface area (Å²) >= 11 is 0. The zero-order valence-corrected chi connectivity index (χ0v) is 10.1. The summed E-state index contributed by atoms with van der Waals surface area (Å²) in [7, 11) is -1.64. The summed E-state index contributed by atoms with van der Waals surface area (Å²) in [5.74, 6) is 3.12. The Morgan fingerprint density at radius 1 is 1.08 bits per heavy atom. The second-order valence-electron chi connectivity index (χ2n) is 2.67. The molecule has 2 nitrogen and oxygen atoms in total. The molecule has 0 spiro atoms. The Hall–Kier alpha value is -0.303. The Bertz CT molecular complexity index is 154. The van der Waals surface area contributed by atoms with Gasteiger partial charge < -0.3 is 8.85 Å². The third-order valence-corrected chi connectivity index (χ3v) is 3.22. The van der Waals surface area contributed by atoms with Crippen molar-refractivity contribution in [2.24, 2.45) is 0 Å². The quantitative estimate of drug-likeness (QED) is 0.371. The van der Waals surface area contributed by atoms with E-state index in [1.807, 2.05) is 13.8 Å². The third-order valence-electron chi connectivity index (χ3n) is 1.51. The van der Waals surface area contributed by atoms with Crippen LogP contribution in [-0.4, -0.2) is 22.5 Å². The molecular formula is C10H20O2Si. The molecule has 0 fully saturated rings. The third kappa shape index (κ3) is 8.04. The molecule has 0 bridgehead atoms. The van der Waals surface area contributed by atoms with Gasteiger partial charge in [0, 0.05) is 19.6 Å². The van der Waals surface area contributed by atoms with Crippen molar-refractivity contribution in [1.82, 2.24) is 0 Å². The molecule has 0 aromatic carbocycles. The Labute approximate surface area is 83.5 Å². The molecule has 76 valence electrons. The molecule has 0 aromatic rings. The van der Waals surface area contributed by atoms with Crippen LogP contribution in [0, 0.1) is 11.5 Å². The highest BCUT2D eigenvalue weighted by Crippen LogP contribution is 1.92. The summed E-state index contributed by atoms with van der Waals surface area (Å²) < 4.78 is 10.8. The molecule has 3 heteroatoms. The van der Waals surface area contributed by atoms with E-state index in [0.717, 1.165) is 6.42 Å². The van der Waals surface area contributed by atoms with Gasteiger partial charge in [0.15, 0.2) is 0 Å². The minimum Gasteiger partial charge on any atom is -0.388 e. The van der Waals surface area contributed by atoms with Crippen molar-refractivity contribution >= 4 is 9.28 Å². The lowest BCUT2D eigenvalue weighted by Crippen LogP contribution is -2.21. The standard InChI is InChI=1S/C10H20O2Si/c1-4-7-8-9-10-13(11-5-2)12-6-3/h13H,4-8H2,1-3H3. The van der Waals surface area contributed by atoms with Crippen LogP contribution in [0.2, 0.25) is 0 Å². The predicted octanol–water partition coefficient (Wildman–Crippen LogP) is 2.01. The lowest BCUT2D eigenvalue weighted by Gasteiger charge is -2.07. The summed E-state index contributed by atoms with van der Waals surface area (Å²) in [6.07, 6.45) is 3.34. The fourth-order valence-electron chi connectivity index (χ4n) is 0.855. The maximum Gasteiger partial charge on any atom is 0.407 e. The van der Waals surface area contributed by atoms with Crippen LogP contribution >= 0.6 is 0 Å². The molecule has 0 heterocycles. The first-order valence-corrected chi connectivity index (χ1v) is 6.58. The highest BCUT2D eigenvalue weighted by molar-refractivity contribution is 6.54. The van der Waals surface area contributed by atoms with Crippen LogP contribution in [0.1, 0.15) is 40.0 Å². The van der Waals surface area contributed by atoms with E-state index in [-0.39, 0.29) is 0 Å². The van der Waals surface area contributed by atoms with Crippen molar-refractivity contribution in [1.29, 1.82) is 0 Å². The Morgan fingerprint density at radius 2 is 1.69 bits per heavy atom. The van der Waals surface area contributed by atoms with E-state index in [2.05, 4.69) is 18.4 Å². The maximum absolute atomic E-state index is 5.41. The minimum absolute atomic E-state index is 0.708. The van der Waals surface area contributed by atoms with Gasteiger partial charge in [-0.3, -0.25) is 0 Å². The molecule has 0 aromatic heterocycles. The van der Waals surface area contributed by atoms with Crippen LogP contribution < -0.4 is 0 Å². The largest absolute Gasteiger partial charge is 0.407 e. The molecule has 0 amide bonds. The number of rotatable bonds is 6. The van der Waals surface area contributed by atoms with Crippen LogP contribution in [0.15, 0.2) is 0 Å². The molecule has 0 atom stereocenters. The number of unbranched alkanes of at least 4 members (excludes halogenated alkanes) is 2. The Balaban J connectivity index is 3.68. The van der Waals surface area contributed by atoms with Gasteiger partial charge in [0.2, 0.25) is 0 Å². The van der Waals surface area contributed by atoms with Crippen LogP contribution in [0.3, 0.4) is 0 Å². The molecule has 0 radical (unpaired) electrons. The summed E-state index contributed by atoms with van der Waals surface area (Å²) in [4.78, 5) is 0. The molecule has 0 rings (SSSR count). The second-order valence-corrected chi connectivity index (χ2v) is 4.29. The van der Waals surface area contributed by atoms with Gasteiger partial charge in [0.1, 0.15) is 0 Å². The fourth-order valence-corrected chi connectivity index (χ4v) is 2.03. The molecular weight excluding hydrogens is 180 g/mol. The van der Waals surface area contributed by atoms with Gasteiger partial charge in [-0.15, -0.1) is 5.92 Å². The molecule has 0 saturated carbocycles. The molecule has 0 aliphatic rings. The normalized spacial score (nSPS) is 9.85. The zero-order valence-electron chi connectivity index (χ0n) is 8.93. The first-order chi connectivity index (χ1) is 6.35.